The van der Waals surface area contributed by atoms with Crippen LogP contribution in [0.2, 0.25) is 0 Å². The molecule has 0 fully saturated rings. The first kappa shape index (κ1) is 14.9. The lowest BCUT2D eigenvalue weighted by Gasteiger charge is -2.10. The zero-order valence-electron chi connectivity index (χ0n) is 10.3. The number of hydrogen-bond acceptors (Lipinski definition) is 5. The number of aliphatic hydroxyl groups excluding tert-OH is 2. The van der Waals surface area contributed by atoms with Crippen LogP contribution in [0.5, 0.6) is 0 Å². The molecule has 0 heterocycles. The molecule has 0 radical (unpaired) electrons. The van der Waals surface area contributed by atoms with Gasteiger partial charge in [-0.05, 0) is 30.7 Å². The molecule has 1 atom stereocenters. The smallest absolute Gasteiger partial charge is 0.178 e. The van der Waals surface area contributed by atoms with E-state index in [1.165, 1.54) is 0 Å². The second kappa shape index (κ2) is 6.72. The highest BCUT2D eigenvalue weighted by Crippen LogP contribution is 2.16. The Balaban J connectivity index is 2.68. The molecule has 0 bridgehead atoms. The van der Waals surface area contributed by atoms with Gasteiger partial charge in [0.15, 0.2) is 9.84 Å². The Labute approximate surface area is 107 Å². The van der Waals surface area contributed by atoms with Crippen molar-refractivity contribution in [1.29, 1.82) is 0 Å². The van der Waals surface area contributed by atoms with Gasteiger partial charge in [-0.25, -0.2) is 8.42 Å². The van der Waals surface area contributed by atoms with Gasteiger partial charge in [0.2, 0.25) is 0 Å². The average molecular weight is 273 g/mol. The molecule has 1 aromatic carbocycles. The molecule has 3 N–H and O–H groups in total. The normalized spacial score (nSPS) is 13.3. The van der Waals surface area contributed by atoms with Gasteiger partial charge >= 0.3 is 0 Å². The second-order valence-corrected chi connectivity index (χ2v) is 6.17. The highest BCUT2D eigenvalue weighted by molar-refractivity contribution is 7.91. The molecule has 6 heteroatoms. The Morgan fingerprint density at radius 2 is 1.89 bits per heavy atom. The largest absolute Gasteiger partial charge is 0.394 e. The minimum absolute atomic E-state index is 0.142. The van der Waals surface area contributed by atoms with Crippen LogP contribution in [0.15, 0.2) is 29.2 Å². The van der Waals surface area contributed by atoms with Crippen LogP contribution in [0.3, 0.4) is 0 Å². The predicted molar refractivity (Wildman–Crippen MR) is 70.4 cm³/mol. The van der Waals surface area contributed by atoms with E-state index < -0.39 is 15.9 Å². The predicted octanol–water partition coefficient (Wildman–Crippen LogP) is 0.635. The molecule has 102 valence electrons. The van der Waals surface area contributed by atoms with Crippen molar-refractivity contribution < 1.29 is 18.6 Å². The van der Waals surface area contributed by atoms with Crippen molar-refractivity contribution in [2.24, 2.45) is 0 Å². The lowest BCUT2D eigenvalue weighted by atomic mass is 10.3. The number of hydrogen-bond donors (Lipinski definition) is 3. The Bertz CT molecular complexity index is 455. The van der Waals surface area contributed by atoms with Crippen molar-refractivity contribution in [2.45, 2.75) is 24.3 Å². The van der Waals surface area contributed by atoms with E-state index in [2.05, 4.69) is 5.32 Å². The Morgan fingerprint density at radius 1 is 1.28 bits per heavy atom. The lowest BCUT2D eigenvalue weighted by Crippen LogP contribution is -2.22. The van der Waals surface area contributed by atoms with E-state index in [1.807, 2.05) is 6.92 Å². The SMILES string of the molecule is CCCS(=O)(=O)c1ccc(NCC(O)CO)cc1. The van der Waals surface area contributed by atoms with Gasteiger partial charge in [0.1, 0.15) is 0 Å². The third-order valence-corrected chi connectivity index (χ3v) is 4.37. The molecule has 0 amide bonds. The van der Waals surface area contributed by atoms with E-state index in [0.29, 0.717) is 17.0 Å². The van der Waals surface area contributed by atoms with E-state index >= 15 is 0 Å². The van der Waals surface area contributed by atoms with Crippen LogP contribution in [-0.2, 0) is 9.84 Å². The molecule has 0 aliphatic heterocycles. The van der Waals surface area contributed by atoms with Gasteiger partial charge in [0, 0.05) is 12.2 Å². The van der Waals surface area contributed by atoms with Gasteiger partial charge in [-0.15, -0.1) is 0 Å². The van der Waals surface area contributed by atoms with Crippen LogP contribution in [0, 0.1) is 0 Å². The number of benzene rings is 1. The molecule has 0 saturated heterocycles. The van der Waals surface area contributed by atoms with Crippen LogP contribution in [0.1, 0.15) is 13.3 Å². The first-order valence-corrected chi connectivity index (χ1v) is 7.50. The van der Waals surface area contributed by atoms with Crippen molar-refractivity contribution >= 4 is 15.5 Å². The molecule has 5 nitrogen and oxygen atoms in total. The van der Waals surface area contributed by atoms with Crippen molar-refractivity contribution in [3.63, 3.8) is 0 Å². The molecule has 1 aromatic rings. The highest BCUT2D eigenvalue weighted by atomic mass is 32.2. The van der Waals surface area contributed by atoms with Gasteiger partial charge in [-0.1, -0.05) is 6.92 Å². The van der Waals surface area contributed by atoms with Crippen LogP contribution in [0.25, 0.3) is 0 Å². The maximum atomic E-state index is 11.8. The summed E-state index contributed by atoms with van der Waals surface area (Å²) in [6.45, 7) is 1.73. The van der Waals surface area contributed by atoms with Crippen LogP contribution >= 0.6 is 0 Å². The number of sulfone groups is 1. The van der Waals surface area contributed by atoms with E-state index in [0.717, 1.165) is 0 Å². The molecule has 0 spiro atoms. The van der Waals surface area contributed by atoms with Gasteiger partial charge in [0.05, 0.1) is 23.4 Å². The summed E-state index contributed by atoms with van der Waals surface area (Å²) in [5.41, 5.74) is 0.706. The molecular weight excluding hydrogens is 254 g/mol. The quantitative estimate of drug-likeness (QED) is 0.678. The standard InChI is InChI=1S/C12H19NO4S/c1-2-7-18(16,17)12-5-3-10(4-6-12)13-8-11(15)9-14/h3-6,11,13-15H,2,7-9H2,1H3. The van der Waals surface area contributed by atoms with Crippen molar-refractivity contribution in [2.75, 3.05) is 24.2 Å². The molecule has 0 saturated carbocycles. The third-order valence-electron chi connectivity index (χ3n) is 2.44. The summed E-state index contributed by atoms with van der Waals surface area (Å²) in [5.74, 6) is 0.142. The number of aliphatic hydroxyl groups is 2. The van der Waals surface area contributed by atoms with E-state index in [9.17, 15) is 8.42 Å². The van der Waals surface area contributed by atoms with Gasteiger partial charge in [0.25, 0.3) is 0 Å². The highest BCUT2D eigenvalue weighted by Gasteiger charge is 2.12. The molecule has 1 unspecified atom stereocenters. The first-order chi connectivity index (χ1) is 8.49. The average Bonchev–Trinajstić information content (AvgIpc) is 2.36. The summed E-state index contributed by atoms with van der Waals surface area (Å²) >= 11 is 0. The Hall–Kier alpha value is -1.11. The number of nitrogens with one attached hydrogen (secondary N) is 1. The molecule has 18 heavy (non-hydrogen) atoms. The minimum Gasteiger partial charge on any atom is -0.394 e. The molecule has 0 aromatic heterocycles. The topological polar surface area (TPSA) is 86.6 Å². The molecule has 0 aliphatic rings. The summed E-state index contributed by atoms with van der Waals surface area (Å²) in [5, 5.41) is 20.7. The van der Waals surface area contributed by atoms with Crippen LogP contribution in [0.4, 0.5) is 5.69 Å². The maximum absolute atomic E-state index is 11.8. The molecule has 0 aliphatic carbocycles. The second-order valence-electron chi connectivity index (χ2n) is 4.06. The summed E-state index contributed by atoms with van der Waals surface area (Å²) in [6, 6.07) is 6.37. The number of anilines is 1. The summed E-state index contributed by atoms with van der Waals surface area (Å²) in [6.07, 6.45) is -0.237. The molecule has 1 rings (SSSR count). The van der Waals surface area contributed by atoms with Crippen molar-refractivity contribution in [1.82, 2.24) is 0 Å². The van der Waals surface area contributed by atoms with E-state index in [1.54, 1.807) is 24.3 Å². The number of rotatable bonds is 7. The summed E-state index contributed by atoms with van der Waals surface area (Å²) in [4.78, 5) is 0.303. The first-order valence-electron chi connectivity index (χ1n) is 5.85. The van der Waals surface area contributed by atoms with Gasteiger partial charge < -0.3 is 15.5 Å². The fourth-order valence-corrected chi connectivity index (χ4v) is 2.79. The fourth-order valence-electron chi connectivity index (χ4n) is 1.47. The van der Waals surface area contributed by atoms with E-state index in [-0.39, 0.29) is 18.9 Å². The zero-order valence-corrected chi connectivity index (χ0v) is 11.2. The monoisotopic (exact) mass is 273 g/mol. The fraction of sp³-hybridized carbons (Fsp3) is 0.500. The molecular formula is C12H19NO4S. The third kappa shape index (κ3) is 4.29. The van der Waals surface area contributed by atoms with Crippen molar-refractivity contribution in [3.8, 4) is 0 Å². The Morgan fingerprint density at radius 3 is 2.39 bits per heavy atom. The maximum Gasteiger partial charge on any atom is 0.178 e. The zero-order chi connectivity index (χ0) is 13.6. The van der Waals surface area contributed by atoms with Gasteiger partial charge in [-0.3, -0.25) is 0 Å². The van der Waals surface area contributed by atoms with Crippen molar-refractivity contribution in [3.05, 3.63) is 24.3 Å². The Kier molecular flexibility index (Phi) is 5.58. The minimum atomic E-state index is -3.18. The lowest BCUT2D eigenvalue weighted by molar-refractivity contribution is 0.105. The van der Waals surface area contributed by atoms with Crippen LogP contribution < -0.4 is 5.32 Å². The van der Waals surface area contributed by atoms with Crippen LogP contribution in [-0.4, -0.2) is 43.6 Å². The van der Waals surface area contributed by atoms with E-state index in [4.69, 9.17) is 10.2 Å². The summed E-state index contributed by atoms with van der Waals surface area (Å²) in [7, 11) is -3.18. The summed E-state index contributed by atoms with van der Waals surface area (Å²) < 4.78 is 23.5. The van der Waals surface area contributed by atoms with Gasteiger partial charge in [-0.2, -0.15) is 0 Å².